The largest absolute Gasteiger partial charge is 0.350 e. The van der Waals surface area contributed by atoms with Gasteiger partial charge in [0.05, 0.1) is 10.6 Å². The number of aromatic nitrogens is 1. The topological polar surface area (TPSA) is 42.3 Å². The smallest absolute Gasteiger partial charge is 0.298 e. The Morgan fingerprint density at radius 3 is 2.58 bits per heavy atom. The van der Waals surface area contributed by atoms with E-state index in [4.69, 9.17) is 0 Å². The van der Waals surface area contributed by atoms with Crippen LogP contribution in [0.3, 0.4) is 0 Å². The summed E-state index contributed by atoms with van der Waals surface area (Å²) in [5.41, 5.74) is 4.69. The van der Waals surface area contributed by atoms with Crippen LogP contribution >= 0.6 is 11.8 Å². The van der Waals surface area contributed by atoms with Gasteiger partial charge in [-0.3, -0.25) is 9.59 Å². The Morgan fingerprint density at radius 1 is 1.00 bits per heavy atom. The molecule has 1 saturated heterocycles. The number of carbonyl (C=O) groups excluding carboxylic acids is 2. The molecule has 0 bridgehead atoms. The van der Waals surface area contributed by atoms with E-state index in [1.165, 1.54) is 4.90 Å². The highest BCUT2D eigenvalue weighted by Crippen LogP contribution is 2.38. The molecule has 2 amide bonds. The van der Waals surface area contributed by atoms with Gasteiger partial charge < -0.3 is 4.57 Å². The van der Waals surface area contributed by atoms with Crippen molar-refractivity contribution in [2.75, 3.05) is 4.90 Å². The molecule has 0 spiro atoms. The molecule has 4 nitrogen and oxygen atoms in total. The zero-order valence-electron chi connectivity index (χ0n) is 14.8. The summed E-state index contributed by atoms with van der Waals surface area (Å²) < 4.78 is 2.02. The molecule has 0 aliphatic carbocycles. The molecule has 4 rings (SSSR count). The number of imide groups is 1. The first-order valence-electron chi connectivity index (χ1n) is 8.35. The predicted molar refractivity (Wildman–Crippen MR) is 107 cm³/mol. The lowest BCUT2D eigenvalue weighted by molar-refractivity contribution is -0.113. The third kappa shape index (κ3) is 2.56. The van der Waals surface area contributed by atoms with Crippen molar-refractivity contribution >= 4 is 45.6 Å². The van der Waals surface area contributed by atoms with Gasteiger partial charge in [0.15, 0.2) is 0 Å². The summed E-state index contributed by atoms with van der Waals surface area (Å²) in [6.45, 7) is 3.91. The number of anilines is 1. The molecule has 1 aliphatic heterocycles. The maximum atomic E-state index is 12.9. The van der Waals surface area contributed by atoms with Crippen LogP contribution in [0.4, 0.5) is 10.5 Å². The molecule has 5 heteroatoms. The van der Waals surface area contributed by atoms with Crippen LogP contribution in [0.15, 0.2) is 53.6 Å². The highest BCUT2D eigenvalue weighted by molar-refractivity contribution is 8.19. The van der Waals surface area contributed by atoms with Gasteiger partial charge in [-0.1, -0.05) is 30.3 Å². The maximum Gasteiger partial charge on any atom is 0.298 e. The molecule has 130 valence electrons. The quantitative estimate of drug-likeness (QED) is 0.600. The number of benzene rings is 2. The lowest BCUT2D eigenvalue weighted by Gasteiger charge is -2.16. The second-order valence-electron chi connectivity index (χ2n) is 6.45. The first kappa shape index (κ1) is 16.7. The average Bonchev–Trinajstić information content (AvgIpc) is 3.08. The fraction of sp³-hybridized carbons (Fsp3) is 0.143. The van der Waals surface area contributed by atoms with Crippen LogP contribution in [-0.2, 0) is 11.8 Å². The minimum Gasteiger partial charge on any atom is -0.350 e. The summed E-state index contributed by atoms with van der Waals surface area (Å²) in [6.07, 6.45) is 3.80. The zero-order valence-corrected chi connectivity index (χ0v) is 15.6. The number of hydrogen-bond donors (Lipinski definition) is 0. The van der Waals surface area contributed by atoms with Gasteiger partial charge in [0, 0.05) is 29.7 Å². The predicted octanol–water partition coefficient (Wildman–Crippen LogP) is 5.04. The molecule has 0 unspecified atom stereocenters. The van der Waals surface area contributed by atoms with Crippen molar-refractivity contribution in [3.8, 4) is 0 Å². The summed E-state index contributed by atoms with van der Waals surface area (Å²) in [7, 11) is 1.97. The van der Waals surface area contributed by atoms with E-state index in [1.807, 2.05) is 80.2 Å². The van der Waals surface area contributed by atoms with E-state index < -0.39 is 0 Å². The summed E-state index contributed by atoms with van der Waals surface area (Å²) in [4.78, 5) is 27.2. The number of carbonyl (C=O) groups is 2. The van der Waals surface area contributed by atoms with Crippen LogP contribution in [-0.4, -0.2) is 15.7 Å². The summed E-state index contributed by atoms with van der Waals surface area (Å²) in [5.74, 6) is -0.262. The van der Waals surface area contributed by atoms with Gasteiger partial charge in [-0.15, -0.1) is 0 Å². The lowest BCUT2D eigenvalue weighted by atomic mass is 10.1. The highest BCUT2D eigenvalue weighted by Gasteiger charge is 2.37. The second-order valence-corrected chi connectivity index (χ2v) is 7.44. The third-order valence-electron chi connectivity index (χ3n) is 4.83. The van der Waals surface area contributed by atoms with Gasteiger partial charge >= 0.3 is 0 Å². The van der Waals surface area contributed by atoms with E-state index in [9.17, 15) is 9.59 Å². The Labute approximate surface area is 156 Å². The average molecular weight is 362 g/mol. The van der Waals surface area contributed by atoms with Gasteiger partial charge in [0.25, 0.3) is 11.1 Å². The van der Waals surface area contributed by atoms with Crippen LogP contribution in [0.2, 0.25) is 0 Å². The van der Waals surface area contributed by atoms with Gasteiger partial charge in [-0.25, -0.2) is 4.90 Å². The normalized spacial score (nSPS) is 16.3. The summed E-state index contributed by atoms with van der Waals surface area (Å²) in [6, 6.07) is 13.7. The van der Waals surface area contributed by atoms with Crippen molar-refractivity contribution in [1.82, 2.24) is 4.57 Å². The number of para-hydroxylation sites is 1. The van der Waals surface area contributed by atoms with Crippen LogP contribution in [0.1, 0.15) is 16.7 Å². The SMILES string of the molecule is Cc1cccc(N2C(=O)S/C(=C\c3cn(C)c4ccccc34)C2=O)c1C. The fourth-order valence-corrected chi connectivity index (χ4v) is 4.11. The van der Waals surface area contributed by atoms with Crippen molar-refractivity contribution in [2.24, 2.45) is 7.05 Å². The van der Waals surface area contributed by atoms with Crippen LogP contribution in [0.25, 0.3) is 17.0 Å². The van der Waals surface area contributed by atoms with Crippen LogP contribution < -0.4 is 4.90 Å². The van der Waals surface area contributed by atoms with Crippen LogP contribution in [0.5, 0.6) is 0 Å². The molecule has 1 aliphatic rings. The number of amides is 2. The van der Waals surface area contributed by atoms with Crippen molar-refractivity contribution in [3.05, 3.63) is 70.3 Å². The number of thioether (sulfide) groups is 1. The molecule has 26 heavy (non-hydrogen) atoms. The lowest BCUT2D eigenvalue weighted by Crippen LogP contribution is -2.28. The van der Waals surface area contributed by atoms with E-state index in [0.29, 0.717) is 10.6 Å². The first-order valence-corrected chi connectivity index (χ1v) is 9.17. The van der Waals surface area contributed by atoms with Gasteiger partial charge in [-0.05, 0) is 54.9 Å². The standard InChI is InChI=1S/C21H18N2O2S/c1-13-7-6-10-17(14(13)2)23-20(24)19(26-21(23)25)11-15-12-22(3)18-9-5-4-8-16(15)18/h4-12H,1-3H3/b19-11-. The Hall–Kier alpha value is -2.79. The Bertz CT molecular complexity index is 1090. The van der Waals surface area contributed by atoms with E-state index in [1.54, 1.807) is 0 Å². The molecule has 0 atom stereocenters. The number of nitrogens with zero attached hydrogens (tertiary/aromatic N) is 2. The number of hydrogen-bond acceptors (Lipinski definition) is 3. The monoisotopic (exact) mass is 362 g/mol. The molecular weight excluding hydrogens is 344 g/mol. The molecule has 2 heterocycles. The van der Waals surface area contributed by atoms with E-state index in [2.05, 4.69) is 0 Å². The first-order chi connectivity index (χ1) is 12.5. The van der Waals surface area contributed by atoms with Crippen molar-refractivity contribution < 1.29 is 9.59 Å². The number of aryl methyl sites for hydroxylation is 2. The molecule has 0 saturated carbocycles. The minimum atomic E-state index is -0.262. The van der Waals surface area contributed by atoms with Gasteiger partial charge in [-0.2, -0.15) is 0 Å². The minimum absolute atomic E-state index is 0.254. The van der Waals surface area contributed by atoms with Crippen LogP contribution in [0, 0.1) is 13.8 Å². The zero-order chi connectivity index (χ0) is 18.4. The Balaban J connectivity index is 1.77. The summed E-state index contributed by atoms with van der Waals surface area (Å²) in [5, 5.41) is 0.809. The van der Waals surface area contributed by atoms with Crippen molar-refractivity contribution in [3.63, 3.8) is 0 Å². The number of rotatable bonds is 2. The molecule has 2 aromatic carbocycles. The van der Waals surface area contributed by atoms with E-state index in [0.717, 1.165) is 39.4 Å². The highest BCUT2D eigenvalue weighted by atomic mass is 32.2. The molecular formula is C21H18N2O2S. The Kier molecular flexibility index (Phi) is 3.96. The van der Waals surface area contributed by atoms with Gasteiger partial charge in [0.1, 0.15) is 0 Å². The molecule has 1 fully saturated rings. The maximum absolute atomic E-state index is 12.9. The molecule has 3 aromatic rings. The van der Waals surface area contributed by atoms with E-state index in [-0.39, 0.29) is 11.1 Å². The van der Waals surface area contributed by atoms with E-state index >= 15 is 0 Å². The fourth-order valence-electron chi connectivity index (χ4n) is 3.28. The third-order valence-corrected chi connectivity index (χ3v) is 5.69. The molecule has 0 N–H and O–H groups in total. The second kappa shape index (κ2) is 6.18. The molecule has 1 aromatic heterocycles. The Morgan fingerprint density at radius 2 is 1.77 bits per heavy atom. The molecule has 0 radical (unpaired) electrons. The van der Waals surface area contributed by atoms with Crippen molar-refractivity contribution in [2.45, 2.75) is 13.8 Å². The number of fused-ring (bicyclic) bond motifs is 1. The summed E-state index contributed by atoms with van der Waals surface area (Å²) >= 11 is 0.993. The van der Waals surface area contributed by atoms with Crippen molar-refractivity contribution in [1.29, 1.82) is 0 Å². The van der Waals surface area contributed by atoms with Gasteiger partial charge in [0.2, 0.25) is 0 Å².